The standard InChI is InChI=1S/C27H44O2/c1-17(2)7-6-8-18(3)21-11-12-22-20-10-9-19-15-24(28)25(29)16-27(19,5)23(20)13-14-26(21,22)4/h17-23H,6-16H2,1-5H3/t18-,19+,20+,21+,22-,23+,26+,27+/m1/s1. The molecule has 4 saturated carbocycles. The predicted octanol–water partition coefficient (Wildman–Crippen LogP) is 6.86. The van der Waals surface area contributed by atoms with Crippen LogP contribution in [0.2, 0.25) is 0 Å². The van der Waals surface area contributed by atoms with Gasteiger partial charge in [0.25, 0.3) is 0 Å². The monoisotopic (exact) mass is 400 g/mol. The van der Waals surface area contributed by atoms with Gasteiger partial charge in [0.05, 0.1) is 0 Å². The Morgan fingerprint density at radius 3 is 2.31 bits per heavy atom. The summed E-state index contributed by atoms with van der Waals surface area (Å²) < 4.78 is 0. The van der Waals surface area contributed by atoms with Crippen LogP contribution in [0.5, 0.6) is 0 Å². The van der Waals surface area contributed by atoms with Crippen molar-refractivity contribution in [1.29, 1.82) is 0 Å². The summed E-state index contributed by atoms with van der Waals surface area (Å²) in [5.41, 5.74) is 0.603. The van der Waals surface area contributed by atoms with Crippen molar-refractivity contribution >= 4 is 11.6 Å². The number of rotatable bonds is 5. The molecule has 2 nitrogen and oxygen atoms in total. The van der Waals surface area contributed by atoms with Gasteiger partial charge in [-0.3, -0.25) is 9.59 Å². The Kier molecular flexibility index (Phi) is 5.79. The first-order valence-electron chi connectivity index (χ1n) is 12.7. The third-order valence-electron chi connectivity index (χ3n) is 10.6. The highest BCUT2D eigenvalue weighted by atomic mass is 16.2. The Morgan fingerprint density at radius 1 is 0.862 bits per heavy atom. The maximum atomic E-state index is 12.4. The first-order chi connectivity index (χ1) is 13.7. The van der Waals surface area contributed by atoms with Crippen LogP contribution in [0.3, 0.4) is 0 Å². The van der Waals surface area contributed by atoms with Gasteiger partial charge in [-0.05, 0) is 90.8 Å². The van der Waals surface area contributed by atoms with E-state index in [2.05, 4.69) is 34.6 Å². The maximum Gasteiger partial charge on any atom is 0.198 e. The lowest BCUT2D eigenvalue weighted by Gasteiger charge is -2.60. The highest BCUT2D eigenvalue weighted by Crippen LogP contribution is 2.68. The van der Waals surface area contributed by atoms with E-state index in [1.807, 2.05) is 0 Å². The van der Waals surface area contributed by atoms with E-state index in [0.717, 1.165) is 29.6 Å². The van der Waals surface area contributed by atoms with Gasteiger partial charge in [-0.2, -0.15) is 0 Å². The Balaban J connectivity index is 1.49. The average Bonchev–Trinajstić information content (AvgIpc) is 3.00. The maximum absolute atomic E-state index is 12.4. The summed E-state index contributed by atoms with van der Waals surface area (Å²) in [6.45, 7) is 12.2. The molecule has 0 radical (unpaired) electrons. The molecule has 4 aliphatic rings. The molecule has 4 rings (SSSR count). The summed E-state index contributed by atoms with van der Waals surface area (Å²) in [5, 5.41) is 0. The third kappa shape index (κ3) is 3.55. The van der Waals surface area contributed by atoms with Crippen molar-refractivity contribution in [1.82, 2.24) is 0 Å². The Bertz CT molecular complexity index is 651. The molecule has 0 aromatic carbocycles. The van der Waals surface area contributed by atoms with Gasteiger partial charge in [-0.15, -0.1) is 0 Å². The van der Waals surface area contributed by atoms with Gasteiger partial charge in [-0.25, -0.2) is 0 Å². The normalized spacial score (nSPS) is 45.7. The smallest absolute Gasteiger partial charge is 0.198 e. The Morgan fingerprint density at radius 2 is 1.59 bits per heavy atom. The fraction of sp³-hybridized carbons (Fsp3) is 0.926. The highest BCUT2D eigenvalue weighted by molar-refractivity contribution is 6.38. The number of carbonyl (C=O) groups is 2. The summed E-state index contributed by atoms with van der Waals surface area (Å²) in [6, 6.07) is 0. The van der Waals surface area contributed by atoms with Gasteiger partial charge in [0, 0.05) is 12.8 Å². The summed E-state index contributed by atoms with van der Waals surface area (Å²) >= 11 is 0. The van der Waals surface area contributed by atoms with E-state index >= 15 is 0 Å². The van der Waals surface area contributed by atoms with Gasteiger partial charge >= 0.3 is 0 Å². The van der Waals surface area contributed by atoms with E-state index in [1.54, 1.807) is 0 Å². The summed E-state index contributed by atoms with van der Waals surface area (Å²) in [4.78, 5) is 24.4. The van der Waals surface area contributed by atoms with Crippen LogP contribution in [0.4, 0.5) is 0 Å². The lowest BCUT2D eigenvalue weighted by atomic mass is 9.44. The summed E-state index contributed by atoms with van der Waals surface area (Å²) in [7, 11) is 0. The largest absolute Gasteiger partial charge is 0.291 e. The average molecular weight is 401 g/mol. The van der Waals surface area contributed by atoms with Crippen LogP contribution < -0.4 is 0 Å². The third-order valence-corrected chi connectivity index (χ3v) is 10.6. The van der Waals surface area contributed by atoms with Crippen molar-refractivity contribution in [3.63, 3.8) is 0 Å². The fourth-order valence-electron chi connectivity index (χ4n) is 8.95. The lowest BCUT2D eigenvalue weighted by molar-refractivity contribution is -0.154. The molecule has 0 unspecified atom stereocenters. The molecular formula is C27H44O2. The molecule has 0 spiro atoms. The molecule has 164 valence electrons. The molecule has 0 N–H and O–H groups in total. The second kappa shape index (κ2) is 7.79. The van der Waals surface area contributed by atoms with Gasteiger partial charge in [0.1, 0.15) is 0 Å². The zero-order valence-electron chi connectivity index (χ0n) is 19.6. The summed E-state index contributed by atoms with van der Waals surface area (Å²) in [6.07, 6.45) is 13.2. The van der Waals surface area contributed by atoms with Crippen LogP contribution in [0.1, 0.15) is 105 Å². The quantitative estimate of drug-likeness (QED) is 0.473. The molecule has 0 aromatic heterocycles. The number of Topliss-reactive ketones (excluding diaryl/α,β-unsaturated/α-hetero) is 2. The minimum atomic E-state index is -0.0808. The predicted molar refractivity (Wildman–Crippen MR) is 118 cm³/mol. The second-order valence-corrected chi connectivity index (χ2v) is 12.4. The van der Waals surface area contributed by atoms with Gasteiger partial charge < -0.3 is 0 Å². The molecule has 4 aliphatic carbocycles. The van der Waals surface area contributed by atoms with Gasteiger partial charge in [0.15, 0.2) is 11.6 Å². The number of ketones is 2. The van der Waals surface area contributed by atoms with E-state index in [1.165, 1.54) is 57.8 Å². The first kappa shape index (κ1) is 21.6. The van der Waals surface area contributed by atoms with Gasteiger partial charge in [0.2, 0.25) is 0 Å². The highest BCUT2D eigenvalue weighted by Gasteiger charge is 2.61. The molecule has 29 heavy (non-hydrogen) atoms. The number of carbonyl (C=O) groups excluding carboxylic acids is 2. The molecule has 4 fully saturated rings. The second-order valence-electron chi connectivity index (χ2n) is 12.4. The molecular weight excluding hydrogens is 356 g/mol. The minimum absolute atomic E-state index is 0.0687. The molecule has 0 amide bonds. The molecule has 0 heterocycles. The van der Waals surface area contributed by atoms with E-state index < -0.39 is 0 Å². The minimum Gasteiger partial charge on any atom is -0.291 e. The first-order valence-corrected chi connectivity index (χ1v) is 12.7. The van der Waals surface area contributed by atoms with Crippen LogP contribution in [-0.2, 0) is 9.59 Å². The van der Waals surface area contributed by atoms with Crippen LogP contribution >= 0.6 is 0 Å². The van der Waals surface area contributed by atoms with E-state index in [4.69, 9.17) is 0 Å². The van der Waals surface area contributed by atoms with Crippen molar-refractivity contribution < 1.29 is 9.59 Å². The van der Waals surface area contributed by atoms with E-state index in [9.17, 15) is 9.59 Å². The van der Waals surface area contributed by atoms with Gasteiger partial charge in [-0.1, -0.05) is 53.9 Å². The molecule has 0 saturated heterocycles. The van der Waals surface area contributed by atoms with Crippen molar-refractivity contribution in [2.24, 2.45) is 52.3 Å². The topological polar surface area (TPSA) is 34.1 Å². The number of fused-ring (bicyclic) bond motifs is 5. The zero-order chi connectivity index (χ0) is 21.0. The fourth-order valence-corrected chi connectivity index (χ4v) is 8.95. The summed E-state index contributed by atoms with van der Waals surface area (Å²) in [5.74, 6) is 5.20. The zero-order valence-corrected chi connectivity index (χ0v) is 19.6. The molecule has 0 aromatic rings. The van der Waals surface area contributed by atoms with Crippen molar-refractivity contribution in [2.45, 2.75) is 105 Å². The van der Waals surface area contributed by atoms with Crippen molar-refractivity contribution in [3.8, 4) is 0 Å². The number of hydrogen-bond donors (Lipinski definition) is 0. The van der Waals surface area contributed by atoms with Crippen LogP contribution in [0, 0.1) is 52.3 Å². The SMILES string of the molecule is CC(C)CCC[C@@H](C)[C@@H]1CC[C@@H]2[C@@H]3CC[C@H]4CC(=O)C(=O)C[C@]4(C)[C@H]3CC[C@]21C. The number of hydrogen-bond acceptors (Lipinski definition) is 2. The van der Waals surface area contributed by atoms with Crippen molar-refractivity contribution in [2.75, 3.05) is 0 Å². The molecule has 0 bridgehead atoms. The molecule has 8 atom stereocenters. The van der Waals surface area contributed by atoms with E-state index in [0.29, 0.717) is 30.1 Å². The van der Waals surface area contributed by atoms with Crippen LogP contribution in [-0.4, -0.2) is 11.6 Å². The van der Waals surface area contributed by atoms with E-state index in [-0.39, 0.29) is 17.0 Å². The van der Waals surface area contributed by atoms with Crippen LogP contribution in [0.15, 0.2) is 0 Å². The van der Waals surface area contributed by atoms with Crippen molar-refractivity contribution in [3.05, 3.63) is 0 Å². The molecule has 0 aliphatic heterocycles. The Labute approximate surface area is 179 Å². The lowest BCUT2D eigenvalue weighted by Crippen LogP contribution is -2.55. The van der Waals surface area contributed by atoms with Crippen LogP contribution in [0.25, 0.3) is 0 Å². The molecule has 2 heteroatoms. The Hall–Kier alpha value is -0.660.